The fourth-order valence-corrected chi connectivity index (χ4v) is 5.02. The van der Waals surface area contributed by atoms with E-state index in [0.717, 1.165) is 21.2 Å². The van der Waals surface area contributed by atoms with E-state index in [1.165, 1.54) is 25.7 Å². The molecule has 0 spiro atoms. The Labute approximate surface area is 172 Å². The van der Waals surface area contributed by atoms with Crippen LogP contribution in [0.1, 0.15) is 36.8 Å². The van der Waals surface area contributed by atoms with Crippen LogP contribution < -0.4 is 17.0 Å². The van der Waals surface area contributed by atoms with Gasteiger partial charge in [0.25, 0.3) is 0 Å². The Morgan fingerprint density at radius 1 is 0.852 bits per heavy atom. The number of piperidine rings is 1. The molecular weight excluding hydrogens is 402 g/mol. The molecule has 2 heterocycles. The molecule has 4 heteroatoms. The van der Waals surface area contributed by atoms with E-state index in [0.29, 0.717) is 18.0 Å². The fourth-order valence-electron chi connectivity index (χ4n) is 5.02. The van der Waals surface area contributed by atoms with Gasteiger partial charge in [0.2, 0.25) is 0 Å². The van der Waals surface area contributed by atoms with Crippen molar-refractivity contribution in [3.05, 3.63) is 65.7 Å². The number of hydrogen-bond donors (Lipinski definition) is 2. The molecule has 2 N–H and O–H groups in total. The first-order valence-electron chi connectivity index (χ1n) is 9.58. The van der Waals surface area contributed by atoms with Gasteiger partial charge in [-0.3, -0.25) is 0 Å². The summed E-state index contributed by atoms with van der Waals surface area (Å²) >= 11 is 0. The zero-order valence-electron chi connectivity index (χ0n) is 16.0. The highest BCUT2D eigenvalue weighted by molar-refractivity contribution is 5.85. The lowest BCUT2D eigenvalue weighted by Gasteiger charge is -2.44. The Bertz CT molecular complexity index is 782. The quantitative estimate of drug-likeness (QED) is 0.726. The van der Waals surface area contributed by atoms with E-state index in [1.807, 2.05) is 36.4 Å². The van der Waals surface area contributed by atoms with Gasteiger partial charge in [-0.1, -0.05) is 42.5 Å². The number of rotatable bonds is 3. The van der Waals surface area contributed by atoms with E-state index in [4.69, 9.17) is 0 Å². The number of phenols is 2. The van der Waals surface area contributed by atoms with Gasteiger partial charge in [-0.15, -0.1) is 0 Å². The molecule has 3 atom stereocenters. The van der Waals surface area contributed by atoms with Crippen LogP contribution in [0.3, 0.4) is 0 Å². The van der Waals surface area contributed by atoms with Gasteiger partial charge in [0.15, 0.2) is 0 Å². The van der Waals surface area contributed by atoms with Crippen molar-refractivity contribution >= 4 is 5.57 Å². The number of nitrogens with zero attached hydrogens (tertiary/aromatic N) is 1. The minimum absolute atomic E-state index is 0. The van der Waals surface area contributed by atoms with Gasteiger partial charge in [0.1, 0.15) is 11.5 Å². The van der Waals surface area contributed by atoms with Crippen LogP contribution in [-0.4, -0.2) is 40.9 Å². The molecule has 27 heavy (non-hydrogen) atoms. The second kappa shape index (κ2) is 7.69. The molecule has 2 bridgehead atoms. The van der Waals surface area contributed by atoms with Crippen LogP contribution in [0.25, 0.3) is 5.57 Å². The molecule has 2 aliphatic heterocycles. The van der Waals surface area contributed by atoms with Gasteiger partial charge >= 0.3 is 0 Å². The van der Waals surface area contributed by atoms with E-state index < -0.39 is 0 Å². The molecule has 2 aliphatic rings. The summed E-state index contributed by atoms with van der Waals surface area (Å²) in [6.07, 6.45) is 7.27. The summed E-state index contributed by atoms with van der Waals surface area (Å²) in [6.45, 7) is 0. The standard InChI is InChI=1S/C23H27NO2.BrH/c1-24(2)17-11-12-18(24)14-16(13-17)15-21(19-7-3-5-9-22(19)25)20-8-4-6-10-23(20)26;/h3-10,15-18H,11-14H2,1-2H3,(H-,25,26);1H/t16?,17-,18+;. The third-order valence-corrected chi connectivity index (χ3v) is 6.66. The SMILES string of the molecule is C[N+]1(C)[C@@H]2CC[C@H]1CC(C=C(c1ccccc1O)c1ccccc1O)C2.[Br-]. The lowest BCUT2D eigenvalue weighted by Crippen LogP contribution is -3.00. The summed E-state index contributed by atoms with van der Waals surface area (Å²) in [5, 5.41) is 20.9. The Hall–Kier alpha value is -1.78. The number of halogens is 1. The third kappa shape index (κ3) is 3.65. The highest BCUT2D eigenvalue weighted by Crippen LogP contribution is 2.44. The highest BCUT2D eigenvalue weighted by atomic mass is 79.9. The molecule has 0 saturated carbocycles. The van der Waals surface area contributed by atoms with Crippen LogP contribution in [0, 0.1) is 5.92 Å². The number of fused-ring (bicyclic) bond motifs is 2. The molecule has 144 valence electrons. The van der Waals surface area contributed by atoms with Gasteiger partial charge in [0.05, 0.1) is 26.2 Å². The highest BCUT2D eigenvalue weighted by Gasteiger charge is 2.48. The van der Waals surface area contributed by atoms with Crippen LogP contribution >= 0.6 is 0 Å². The number of aromatic hydroxyl groups is 2. The van der Waals surface area contributed by atoms with Gasteiger partial charge in [-0.2, -0.15) is 0 Å². The van der Waals surface area contributed by atoms with Crippen molar-refractivity contribution in [2.45, 2.75) is 37.8 Å². The predicted molar refractivity (Wildman–Crippen MR) is 105 cm³/mol. The first kappa shape index (κ1) is 20.0. The summed E-state index contributed by atoms with van der Waals surface area (Å²) in [5.74, 6) is 1.00. The summed E-state index contributed by atoms with van der Waals surface area (Å²) < 4.78 is 1.15. The lowest BCUT2D eigenvalue weighted by atomic mass is 9.85. The lowest BCUT2D eigenvalue weighted by molar-refractivity contribution is -0.931. The average Bonchev–Trinajstić information content (AvgIpc) is 2.78. The topological polar surface area (TPSA) is 40.5 Å². The predicted octanol–water partition coefficient (Wildman–Crippen LogP) is 1.55. The monoisotopic (exact) mass is 429 g/mol. The Balaban J connectivity index is 0.00000210. The minimum Gasteiger partial charge on any atom is -1.00 e. The van der Waals surface area contributed by atoms with Crippen molar-refractivity contribution in [3.8, 4) is 11.5 Å². The van der Waals surface area contributed by atoms with Crippen molar-refractivity contribution in [1.29, 1.82) is 0 Å². The molecule has 2 saturated heterocycles. The van der Waals surface area contributed by atoms with Crippen molar-refractivity contribution in [2.75, 3.05) is 14.1 Å². The zero-order chi connectivity index (χ0) is 18.3. The molecule has 0 radical (unpaired) electrons. The van der Waals surface area contributed by atoms with Gasteiger partial charge in [0, 0.05) is 36.8 Å². The Morgan fingerprint density at radius 3 is 1.74 bits per heavy atom. The van der Waals surface area contributed by atoms with Crippen LogP contribution in [-0.2, 0) is 0 Å². The van der Waals surface area contributed by atoms with Crippen molar-refractivity contribution in [2.24, 2.45) is 5.92 Å². The maximum atomic E-state index is 10.4. The van der Waals surface area contributed by atoms with Crippen LogP contribution in [0.2, 0.25) is 0 Å². The van der Waals surface area contributed by atoms with E-state index >= 15 is 0 Å². The second-order valence-electron chi connectivity index (χ2n) is 8.36. The van der Waals surface area contributed by atoms with Crippen LogP contribution in [0.4, 0.5) is 0 Å². The second-order valence-corrected chi connectivity index (χ2v) is 8.36. The van der Waals surface area contributed by atoms with Crippen molar-refractivity contribution in [1.82, 2.24) is 0 Å². The number of allylic oxidation sites excluding steroid dienone is 1. The Kier molecular flexibility index (Phi) is 5.68. The molecule has 0 amide bonds. The molecule has 2 fully saturated rings. The summed E-state index contributed by atoms with van der Waals surface area (Å²) in [5.41, 5.74) is 2.53. The number of hydrogen-bond acceptors (Lipinski definition) is 2. The molecule has 0 aliphatic carbocycles. The zero-order valence-corrected chi connectivity index (χ0v) is 17.6. The van der Waals surface area contributed by atoms with E-state index in [1.54, 1.807) is 12.1 Å². The minimum atomic E-state index is 0. The van der Waals surface area contributed by atoms with E-state index in [-0.39, 0.29) is 28.5 Å². The number of quaternary nitrogens is 1. The first-order chi connectivity index (χ1) is 12.5. The van der Waals surface area contributed by atoms with E-state index in [9.17, 15) is 10.2 Å². The molecule has 0 aromatic heterocycles. The smallest absolute Gasteiger partial charge is 0.123 e. The summed E-state index contributed by atoms with van der Waals surface area (Å²) in [6, 6.07) is 16.3. The maximum Gasteiger partial charge on any atom is 0.123 e. The summed E-state index contributed by atoms with van der Waals surface area (Å²) in [7, 11) is 4.74. The number of para-hydroxylation sites is 2. The van der Waals surface area contributed by atoms with Gasteiger partial charge in [-0.05, 0) is 23.6 Å². The van der Waals surface area contributed by atoms with E-state index in [2.05, 4.69) is 20.2 Å². The molecule has 2 aromatic rings. The Morgan fingerprint density at radius 2 is 1.30 bits per heavy atom. The maximum absolute atomic E-state index is 10.4. The van der Waals surface area contributed by atoms with Crippen molar-refractivity contribution in [3.63, 3.8) is 0 Å². The molecule has 4 rings (SSSR count). The molecule has 2 aromatic carbocycles. The summed E-state index contributed by atoms with van der Waals surface area (Å²) in [4.78, 5) is 0. The largest absolute Gasteiger partial charge is 1.00 e. The van der Waals surface area contributed by atoms with Gasteiger partial charge < -0.3 is 31.7 Å². The van der Waals surface area contributed by atoms with Crippen LogP contribution in [0.15, 0.2) is 54.6 Å². The fraction of sp³-hybridized carbons (Fsp3) is 0.391. The van der Waals surface area contributed by atoms with Crippen LogP contribution in [0.5, 0.6) is 11.5 Å². The molecule has 3 nitrogen and oxygen atoms in total. The van der Waals surface area contributed by atoms with Gasteiger partial charge in [-0.25, -0.2) is 0 Å². The van der Waals surface area contributed by atoms with Crippen molar-refractivity contribution < 1.29 is 31.7 Å². The number of benzene rings is 2. The number of phenolic OH excluding ortho intramolecular Hbond substituents is 2. The normalized spacial score (nSPS) is 25.5. The molecule has 1 unspecified atom stereocenters. The molecular formula is C23H28BrNO2. The first-order valence-corrected chi connectivity index (χ1v) is 9.58. The average molecular weight is 430 g/mol. The third-order valence-electron chi connectivity index (χ3n) is 6.66.